The second kappa shape index (κ2) is 11.9. The molecule has 2 aliphatic heterocycles. The summed E-state index contributed by atoms with van der Waals surface area (Å²) < 4.78 is 51.9. The van der Waals surface area contributed by atoms with Gasteiger partial charge in [0.1, 0.15) is 12.3 Å². The average molecular weight is 590 g/mol. The quantitative estimate of drug-likeness (QED) is 0.390. The molecule has 2 amide bonds. The number of amides is 2. The van der Waals surface area contributed by atoms with Crippen LogP contribution < -0.4 is 15.4 Å². The Morgan fingerprint density at radius 2 is 2.00 bits per heavy atom. The molecule has 13 heteroatoms. The molecule has 1 atom stereocenters. The molecule has 2 aromatic carbocycles. The summed E-state index contributed by atoms with van der Waals surface area (Å²) in [4.78, 5) is 35.9. The Morgan fingerprint density at radius 3 is 2.73 bits per heavy atom. The van der Waals surface area contributed by atoms with Crippen LogP contribution in [0.25, 0.3) is 11.3 Å². The number of ether oxygens (including phenoxy) is 2. The number of nitrogens with one attached hydrogen (secondary N) is 2. The Hall–Kier alpha value is -3.90. The minimum absolute atomic E-state index is 0.0752. The van der Waals surface area contributed by atoms with E-state index in [2.05, 4.69) is 15.3 Å². The lowest BCUT2D eigenvalue weighted by Gasteiger charge is -2.24. The first-order chi connectivity index (χ1) is 19.6. The maximum atomic E-state index is 13.8. The maximum Gasteiger partial charge on any atom is 0.412 e. The van der Waals surface area contributed by atoms with Crippen molar-refractivity contribution in [1.29, 1.82) is 0 Å². The Morgan fingerprint density at radius 1 is 1.22 bits per heavy atom. The molecule has 0 radical (unpaired) electrons. The standard InChI is InChI=1S/C28H27ClF3N5O4/c1-40-20-4-2-3-17(11-20)25(28(30,31)32)35-23(38)15-37-14-18-6-5-16(12-21(18)26(37)39)24-22(29)13-33-27(36-24)34-19-7-9-41-10-8-19/h2-6,11-13,19,25H,7-10,14-15H2,1H3,(H,35,38)(H,33,34,36). The lowest BCUT2D eigenvalue weighted by molar-refractivity contribution is -0.163. The number of aromatic nitrogens is 2. The van der Waals surface area contributed by atoms with Crippen molar-refractivity contribution in [3.05, 3.63) is 70.4 Å². The molecule has 1 fully saturated rings. The Kier molecular flexibility index (Phi) is 8.32. The highest BCUT2D eigenvalue weighted by Gasteiger charge is 2.42. The number of alkyl halides is 3. The fourth-order valence-corrected chi connectivity index (χ4v) is 5.06. The number of fused-ring (bicyclic) bond motifs is 1. The van der Waals surface area contributed by atoms with E-state index >= 15 is 0 Å². The fourth-order valence-electron chi connectivity index (χ4n) is 4.86. The normalized spacial score (nSPS) is 16.3. The van der Waals surface area contributed by atoms with E-state index in [-0.39, 0.29) is 23.9 Å². The first-order valence-corrected chi connectivity index (χ1v) is 13.3. The molecule has 3 heterocycles. The summed E-state index contributed by atoms with van der Waals surface area (Å²) in [5.74, 6) is -0.800. The first-order valence-electron chi connectivity index (χ1n) is 12.9. The maximum absolute atomic E-state index is 13.8. The van der Waals surface area contributed by atoms with Crippen LogP contribution in [0.2, 0.25) is 5.02 Å². The van der Waals surface area contributed by atoms with Crippen LogP contribution in [0, 0.1) is 0 Å². The third-order valence-electron chi connectivity index (χ3n) is 6.96. The number of nitrogens with zero attached hydrogens (tertiary/aromatic N) is 3. The van der Waals surface area contributed by atoms with Gasteiger partial charge in [0, 0.05) is 36.9 Å². The first kappa shape index (κ1) is 28.6. The largest absolute Gasteiger partial charge is 0.497 e. The topological polar surface area (TPSA) is 106 Å². The molecule has 1 unspecified atom stereocenters. The zero-order valence-corrected chi connectivity index (χ0v) is 22.8. The fraction of sp³-hybridized carbons (Fsp3) is 0.357. The van der Waals surface area contributed by atoms with Crippen LogP contribution in [0.15, 0.2) is 48.7 Å². The number of carbonyl (C=O) groups excluding carboxylic acids is 2. The van der Waals surface area contributed by atoms with E-state index in [1.807, 2.05) is 5.32 Å². The van der Waals surface area contributed by atoms with Crippen LogP contribution in [-0.4, -0.2) is 65.8 Å². The molecular weight excluding hydrogens is 563 g/mol. The molecule has 216 valence electrons. The van der Waals surface area contributed by atoms with E-state index in [1.54, 1.807) is 18.2 Å². The minimum Gasteiger partial charge on any atom is -0.497 e. The van der Waals surface area contributed by atoms with Crippen molar-refractivity contribution in [3.8, 4) is 17.0 Å². The third-order valence-corrected chi connectivity index (χ3v) is 7.23. The molecule has 2 aliphatic rings. The van der Waals surface area contributed by atoms with Crippen molar-refractivity contribution in [1.82, 2.24) is 20.2 Å². The molecular formula is C28H27ClF3N5O4. The number of benzene rings is 2. The third kappa shape index (κ3) is 6.54. The van der Waals surface area contributed by atoms with Gasteiger partial charge in [-0.1, -0.05) is 35.9 Å². The Balaban J connectivity index is 1.29. The molecule has 0 aliphatic carbocycles. The lowest BCUT2D eigenvalue weighted by Crippen LogP contribution is -2.43. The minimum atomic E-state index is -4.76. The van der Waals surface area contributed by atoms with Gasteiger partial charge in [0.05, 0.1) is 24.0 Å². The van der Waals surface area contributed by atoms with Crippen LogP contribution in [-0.2, 0) is 16.1 Å². The van der Waals surface area contributed by atoms with Gasteiger partial charge in [0.15, 0.2) is 6.04 Å². The summed E-state index contributed by atoms with van der Waals surface area (Å²) in [5, 5.41) is 5.60. The summed E-state index contributed by atoms with van der Waals surface area (Å²) in [6.45, 7) is 0.827. The molecule has 0 spiro atoms. The van der Waals surface area contributed by atoms with Crippen LogP contribution in [0.1, 0.15) is 40.4 Å². The van der Waals surface area contributed by atoms with Gasteiger partial charge < -0.3 is 25.0 Å². The van der Waals surface area contributed by atoms with Crippen molar-refractivity contribution in [2.75, 3.05) is 32.2 Å². The summed E-state index contributed by atoms with van der Waals surface area (Å²) in [5.41, 5.74) is 1.77. The second-order valence-corrected chi connectivity index (χ2v) is 10.2. The van der Waals surface area contributed by atoms with E-state index in [4.69, 9.17) is 21.1 Å². The van der Waals surface area contributed by atoms with E-state index in [0.29, 0.717) is 46.6 Å². The predicted octanol–water partition coefficient (Wildman–Crippen LogP) is 4.77. The van der Waals surface area contributed by atoms with Crippen molar-refractivity contribution < 1.29 is 32.2 Å². The van der Waals surface area contributed by atoms with E-state index < -0.39 is 30.6 Å². The van der Waals surface area contributed by atoms with Gasteiger partial charge in [-0.2, -0.15) is 13.2 Å². The monoisotopic (exact) mass is 589 g/mol. The highest BCUT2D eigenvalue weighted by atomic mass is 35.5. The van der Waals surface area contributed by atoms with Gasteiger partial charge in [-0.3, -0.25) is 9.59 Å². The van der Waals surface area contributed by atoms with Crippen LogP contribution >= 0.6 is 11.6 Å². The average Bonchev–Trinajstić information content (AvgIpc) is 3.26. The highest BCUT2D eigenvalue weighted by Crippen LogP contribution is 2.35. The number of halogens is 4. The van der Waals surface area contributed by atoms with E-state index in [1.165, 1.54) is 42.5 Å². The van der Waals surface area contributed by atoms with E-state index in [0.717, 1.165) is 12.8 Å². The van der Waals surface area contributed by atoms with Crippen molar-refractivity contribution >= 4 is 29.4 Å². The van der Waals surface area contributed by atoms with Crippen molar-refractivity contribution in [2.24, 2.45) is 0 Å². The summed E-state index contributed by atoms with van der Waals surface area (Å²) in [7, 11) is 1.34. The van der Waals surface area contributed by atoms with E-state index in [9.17, 15) is 22.8 Å². The molecule has 5 rings (SSSR count). The summed E-state index contributed by atoms with van der Waals surface area (Å²) in [6, 6.07) is 8.37. The molecule has 0 saturated carbocycles. The van der Waals surface area contributed by atoms with Crippen LogP contribution in [0.3, 0.4) is 0 Å². The van der Waals surface area contributed by atoms with Crippen LogP contribution in [0.5, 0.6) is 5.75 Å². The zero-order valence-electron chi connectivity index (χ0n) is 22.0. The van der Waals surface area contributed by atoms with Gasteiger partial charge >= 0.3 is 6.18 Å². The summed E-state index contributed by atoms with van der Waals surface area (Å²) >= 11 is 6.39. The molecule has 41 heavy (non-hydrogen) atoms. The predicted molar refractivity (Wildman–Crippen MR) is 145 cm³/mol. The molecule has 9 nitrogen and oxygen atoms in total. The number of hydrogen-bond acceptors (Lipinski definition) is 7. The van der Waals surface area contributed by atoms with Gasteiger partial charge in [-0.15, -0.1) is 0 Å². The number of anilines is 1. The van der Waals surface area contributed by atoms with Crippen LogP contribution in [0.4, 0.5) is 19.1 Å². The van der Waals surface area contributed by atoms with Crippen molar-refractivity contribution in [3.63, 3.8) is 0 Å². The SMILES string of the molecule is COc1cccc(C(NC(=O)CN2Cc3ccc(-c4nc(NC5CCOCC5)ncc4Cl)cc3C2=O)C(F)(F)F)c1. The van der Waals surface area contributed by atoms with Gasteiger partial charge in [-0.05, 0) is 42.2 Å². The van der Waals surface area contributed by atoms with Gasteiger partial charge in [-0.25, -0.2) is 9.97 Å². The lowest BCUT2D eigenvalue weighted by atomic mass is 10.0. The Bertz CT molecular complexity index is 1450. The van der Waals surface area contributed by atoms with Crippen molar-refractivity contribution in [2.45, 2.75) is 37.6 Å². The summed E-state index contributed by atoms with van der Waals surface area (Å²) in [6.07, 6.45) is -1.64. The highest BCUT2D eigenvalue weighted by molar-refractivity contribution is 6.33. The molecule has 3 aromatic rings. The van der Waals surface area contributed by atoms with Gasteiger partial charge in [0.25, 0.3) is 5.91 Å². The number of methoxy groups -OCH3 is 1. The smallest absolute Gasteiger partial charge is 0.412 e. The number of carbonyl (C=O) groups is 2. The zero-order chi connectivity index (χ0) is 29.1. The molecule has 1 saturated heterocycles. The second-order valence-electron chi connectivity index (χ2n) is 9.77. The Labute approximate surface area is 239 Å². The number of hydrogen-bond donors (Lipinski definition) is 2. The molecule has 1 aromatic heterocycles. The number of rotatable bonds is 8. The van der Waals surface area contributed by atoms with Gasteiger partial charge in [0.2, 0.25) is 11.9 Å². The molecule has 0 bridgehead atoms. The molecule has 2 N–H and O–H groups in total.